The molecule has 1 N–H and O–H groups in total. The van der Waals surface area contributed by atoms with Gasteiger partial charge in [0.05, 0.1) is 32.9 Å². The largest absolute Gasteiger partial charge is 0.493 e. The maximum absolute atomic E-state index is 13.0. The van der Waals surface area contributed by atoms with Crippen molar-refractivity contribution in [1.29, 1.82) is 0 Å². The number of amides is 2. The number of carbonyl (C=O) groups is 2. The maximum Gasteiger partial charge on any atom is 0.257 e. The van der Waals surface area contributed by atoms with Crippen LogP contribution >= 0.6 is 12.4 Å². The summed E-state index contributed by atoms with van der Waals surface area (Å²) in [6, 6.07) is 3.31. The van der Waals surface area contributed by atoms with Crippen LogP contribution in [-0.2, 0) is 4.79 Å². The topological polar surface area (TPSA) is 80.3 Å². The number of halogens is 1. The lowest BCUT2D eigenvalue weighted by molar-refractivity contribution is -0.134. The van der Waals surface area contributed by atoms with Gasteiger partial charge in [0.15, 0.2) is 11.5 Å². The second-order valence-corrected chi connectivity index (χ2v) is 6.65. The van der Waals surface area contributed by atoms with Gasteiger partial charge in [-0.2, -0.15) is 0 Å². The summed E-state index contributed by atoms with van der Waals surface area (Å²) in [5.74, 6) is 1.26. The van der Waals surface area contributed by atoms with Crippen LogP contribution in [0.1, 0.15) is 23.2 Å². The molecule has 2 heterocycles. The van der Waals surface area contributed by atoms with Crippen molar-refractivity contribution in [1.82, 2.24) is 15.1 Å². The van der Waals surface area contributed by atoms with Gasteiger partial charge in [0.1, 0.15) is 0 Å². The molecule has 2 aliphatic rings. The average molecular weight is 414 g/mol. The fraction of sp³-hybridized carbons (Fsp3) is 0.579. The number of nitrogens with zero attached hydrogens (tertiary/aromatic N) is 2. The van der Waals surface area contributed by atoms with Crippen molar-refractivity contribution >= 4 is 24.2 Å². The van der Waals surface area contributed by atoms with Crippen molar-refractivity contribution in [3.8, 4) is 17.2 Å². The molecule has 0 spiro atoms. The number of hydrogen-bond donors (Lipinski definition) is 1. The normalized spacial score (nSPS) is 19.0. The third-order valence-corrected chi connectivity index (χ3v) is 5.17. The Labute approximate surface area is 171 Å². The van der Waals surface area contributed by atoms with E-state index >= 15 is 0 Å². The molecule has 2 fully saturated rings. The highest BCUT2D eigenvalue weighted by Gasteiger charge is 2.32. The third-order valence-electron chi connectivity index (χ3n) is 5.17. The molecule has 0 aromatic heterocycles. The van der Waals surface area contributed by atoms with Crippen LogP contribution in [0, 0.1) is 0 Å². The number of rotatable bonds is 5. The number of ether oxygens (including phenoxy) is 3. The molecule has 0 aliphatic carbocycles. The summed E-state index contributed by atoms with van der Waals surface area (Å²) in [5.41, 5.74) is 0.424. The Morgan fingerprint density at radius 3 is 2.14 bits per heavy atom. The van der Waals surface area contributed by atoms with Crippen LogP contribution in [0.25, 0.3) is 0 Å². The first kappa shape index (κ1) is 22.1. The SMILES string of the molecule is COc1ccc(C(=O)N2CCN(C(=O)C3CCCN3)CC2)c(OC)c1OC.Cl. The highest BCUT2D eigenvalue weighted by molar-refractivity contribution is 5.98. The van der Waals surface area contributed by atoms with Crippen molar-refractivity contribution in [3.05, 3.63) is 17.7 Å². The van der Waals surface area contributed by atoms with Crippen LogP contribution in [-0.4, -0.2) is 81.7 Å². The van der Waals surface area contributed by atoms with Crippen molar-refractivity contribution in [2.45, 2.75) is 18.9 Å². The second kappa shape index (κ2) is 9.84. The van der Waals surface area contributed by atoms with E-state index in [1.54, 1.807) is 17.0 Å². The molecule has 2 amide bonds. The molecule has 156 valence electrons. The third kappa shape index (κ3) is 4.28. The summed E-state index contributed by atoms with van der Waals surface area (Å²) in [6.45, 7) is 2.97. The molecular weight excluding hydrogens is 386 g/mol. The van der Waals surface area contributed by atoms with Crippen molar-refractivity contribution < 1.29 is 23.8 Å². The molecule has 9 heteroatoms. The van der Waals surface area contributed by atoms with E-state index in [1.165, 1.54) is 21.3 Å². The van der Waals surface area contributed by atoms with E-state index in [-0.39, 0.29) is 30.3 Å². The van der Waals surface area contributed by atoms with E-state index in [4.69, 9.17) is 14.2 Å². The van der Waals surface area contributed by atoms with Crippen molar-refractivity contribution in [2.24, 2.45) is 0 Å². The molecule has 8 nitrogen and oxygen atoms in total. The van der Waals surface area contributed by atoms with Crippen molar-refractivity contribution in [3.63, 3.8) is 0 Å². The summed E-state index contributed by atoms with van der Waals surface area (Å²) >= 11 is 0. The lowest BCUT2D eigenvalue weighted by Gasteiger charge is -2.36. The molecule has 0 bridgehead atoms. The van der Waals surface area contributed by atoms with Gasteiger partial charge in [0.25, 0.3) is 5.91 Å². The predicted molar refractivity (Wildman–Crippen MR) is 107 cm³/mol. The van der Waals surface area contributed by atoms with E-state index in [0.29, 0.717) is 49.0 Å². The summed E-state index contributed by atoms with van der Waals surface area (Å²) in [6.07, 6.45) is 1.93. The number of piperazine rings is 1. The fourth-order valence-electron chi connectivity index (χ4n) is 3.69. The molecule has 0 radical (unpaired) electrons. The van der Waals surface area contributed by atoms with Gasteiger partial charge >= 0.3 is 0 Å². The van der Waals surface area contributed by atoms with Gasteiger partial charge in [-0.05, 0) is 31.5 Å². The average Bonchev–Trinajstić information content (AvgIpc) is 3.26. The van der Waals surface area contributed by atoms with Crippen LogP contribution in [0.3, 0.4) is 0 Å². The molecule has 28 heavy (non-hydrogen) atoms. The monoisotopic (exact) mass is 413 g/mol. The molecule has 2 aliphatic heterocycles. The predicted octanol–water partition coefficient (Wildman–Crippen LogP) is 1.17. The Kier molecular flexibility index (Phi) is 7.77. The van der Waals surface area contributed by atoms with Gasteiger partial charge in [-0.25, -0.2) is 0 Å². The van der Waals surface area contributed by atoms with Gasteiger partial charge in [-0.3, -0.25) is 9.59 Å². The molecule has 3 rings (SSSR count). The minimum absolute atomic E-state index is 0. The van der Waals surface area contributed by atoms with Gasteiger partial charge in [-0.1, -0.05) is 0 Å². The molecule has 1 unspecified atom stereocenters. The second-order valence-electron chi connectivity index (χ2n) is 6.65. The zero-order valence-corrected chi connectivity index (χ0v) is 17.3. The first-order valence-electron chi connectivity index (χ1n) is 9.21. The van der Waals surface area contributed by atoms with E-state index in [0.717, 1.165) is 19.4 Å². The molecule has 1 aromatic rings. The van der Waals surface area contributed by atoms with Crippen LogP contribution in [0.4, 0.5) is 0 Å². The first-order valence-corrected chi connectivity index (χ1v) is 9.21. The lowest BCUT2D eigenvalue weighted by Crippen LogP contribution is -2.54. The van der Waals surface area contributed by atoms with Crippen LogP contribution in [0.2, 0.25) is 0 Å². The smallest absolute Gasteiger partial charge is 0.257 e. The summed E-state index contributed by atoms with van der Waals surface area (Å²) < 4.78 is 16.1. The Hall–Kier alpha value is -2.19. The minimum Gasteiger partial charge on any atom is -0.493 e. The van der Waals surface area contributed by atoms with E-state index in [1.807, 2.05) is 4.90 Å². The van der Waals surface area contributed by atoms with Gasteiger partial charge < -0.3 is 29.3 Å². The number of methoxy groups -OCH3 is 3. The Morgan fingerprint density at radius 1 is 0.964 bits per heavy atom. The minimum atomic E-state index is -0.140. The Morgan fingerprint density at radius 2 is 1.61 bits per heavy atom. The van der Waals surface area contributed by atoms with Gasteiger partial charge in [-0.15, -0.1) is 12.4 Å². The number of nitrogens with one attached hydrogen (secondary N) is 1. The Balaban J connectivity index is 0.00000280. The number of carbonyl (C=O) groups excluding carboxylic acids is 2. The van der Waals surface area contributed by atoms with Crippen molar-refractivity contribution in [2.75, 3.05) is 54.1 Å². The number of benzene rings is 1. The molecule has 2 saturated heterocycles. The standard InChI is InChI=1S/C19H27N3O5.ClH/c1-25-15-7-6-13(16(26-2)17(15)27-3)18(23)21-9-11-22(12-10-21)19(24)14-5-4-8-20-14;/h6-7,14,20H,4-5,8-12H2,1-3H3;1H. The summed E-state index contributed by atoms with van der Waals surface area (Å²) in [5, 5.41) is 3.24. The fourth-order valence-corrected chi connectivity index (χ4v) is 3.69. The van der Waals surface area contributed by atoms with E-state index in [2.05, 4.69) is 5.32 Å². The highest BCUT2D eigenvalue weighted by atomic mass is 35.5. The quantitative estimate of drug-likeness (QED) is 0.780. The summed E-state index contributed by atoms with van der Waals surface area (Å²) in [4.78, 5) is 29.1. The molecular formula is C19H28ClN3O5. The number of hydrogen-bond acceptors (Lipinski definition) is 6. The Bertz CT molecular complexity index is 701. The van der Waals surface area contributed by atoms with Crippen LogP contribution in [0.15, 0.2) is 12.1 Å². The maximum atomic E-state index is 13.0. The van der Waals surface area contributed by atoms with Crippen LogP contribution < -0.4 is 19.5 Å². The van der Waals surface area contributed by atoms with Gasteiger partial charge in [0.2, 0.25) is 11.7 Å². The first-order chi connectivity index (χ1) is 13.1. The molecule has 0 saturated carbocycles. The van der Waals surface area contributed by atoms with E-state index < -0.39 is 0 Å². The van der Waals surface area contributed by atoms with Gasteiger partial charge in [0, 0.05) is 26.2 Å². The van der Waals surface area contributed by atoms with E-state index in [9.17, 15) is 9.59 Å². The van der Waals surface area contributed by atoms with Crippen LogP contribution in [0.5, 0.6) is 17.2 Å². The molecule has 1 atom stereocenters. The summed E-state index contributed by atoms with van der Waals surface area (Å²) in [7, 11) is 4.55. The zero-order valence-electron chi connectivity index (χ0n) is 16.5. The lowest BCUT2D eigenvalue weighted by atomic mass is 10.1. The molecule has 1 aromatic carbocycles. The highest BCUT2D eigenvalue weighted by Crippen LogP contribution is 2.40. The zero-order chi connectivity index (χ0) is 19.4.